The van der Waals surface area contributed by atoms with Crippen LogP contribution in [0, 0.1) is 0 Å². The van der Waals surface area contributed by atoms with Crippen molar-refractivity contribution in [2.75, 3.05) is 0 Å². The molecule has 1 nitrogen and oxygen atoms in total. The second kappa shape index (κ2) is 5.37. The summed E-state index contributed by atoms with van der Waals surface area (Å²) in [4.78, 5) is 0. The zero-order valence-corrected chi connectivity index (χ0v) is 14.7. The van der Waals surface area contributed by atoms with Crippen molar-refractivity contribution < 1.29 is 4.42 Å². The first kappa shape index (κ1) is 14.9. The molecule has 0 atom stereocenters. The zero-order valence-electron chi connectivity index (χ0n) is 14.7. The third kappa shape index (κ3) is 2.13. The number of para-hydroxylation sites is 1. The highest BCUT2D eigenvalue weighted by Gasteiger charge is 2.18. The molecule has 5 aromatic rings. The van der Waals surface area contributed by atoms with Crippen LogP contribution in [0.1, 0.15) is 11.1 Å². The lowest BCUT2D eigenvalue weighted by atomic mass is 9.93. The van der Waals surface area contributed by atoms with Crippen molar-refractivity contribution in [2.24, 2.45) is 0 Å². The Labute approximate surface area is 158 Å². The molecule has 0 spiro atoms. The Morgan fingerprint density at radius 2 is 1.48 bits per heavy atom. The second-order valence-corrected chi connectivity index (χ2v) is 7.24. The van der Waals surface area contributed by atoms with Crippen molar-refractivity contribution in [3.63, 3.8) is 0 Å². The Morgan fingerprint density at radius 3 is 2.44 bits per heavy atom. The molecule has 4 aromatic carbocycles. The first-order valence-corrected chi connectivity index (χ1v) is 9.20. The van der Waals surface area contributed by atoms with Gasteiger partial charge in [-0.15, -0.1) is 0 Å². The summed E-state index contributed by atoms with van der Waals surface area (Å²) in [5.74, 6) is 0. The van der Waals surface area contributed by atoms with E-state index in [0.717, 1.165) is 28.4 Å². The number of hydrogen-bond donors (Lipinski definition) is 0. The van der Waals surface area contributed by atoms with Gasteiger partial charge in [-0.25, -0.2) is 0 Å². The topological polar surface area (TPSA) is 13.1 Å². The average molecular weight is 342 g/mol. The van der Waals surface area contributed by atoms with Gasteiger partial charge in [0.05, 0.1) is 0 Å². The van der Waals surface area contributed by atoms with Gasteiger partial charge in [0.2, 0.25) is 0 Å². The van der Waals surface area contributed by atoms with E-state index in [1.54, 1.807) is 0 Å². The first-order chi connectivity index (χ1) is 13.3. The number of hydrogen-bond acceptors (Lipinski definition) is 1. The predicted octanol–water partition coefficient (Wildman–Crippen LogP) is 5.62. The van der Waals surface area contributed by atoms with E-state index in [2.05, 4.69) is 60.7 Å². The van der Waals surface area contributed by atoms with E-state index < -0.39 is 0 Å². The standard InChI is InChI=1S/C25H15BO/c26-23-7-3-6-21-22-14-16(9-11-24(22)27-25(21)23)15-8-10-20-18(12-15)13-17-4-1-2-5-19(17)20/h1-12,14H,13H2. The smallest absolute Gasteiger partial charge is 0.135 e. The molecule has 1 heterocycles. The van der Waals surface area contributed by atoms with E-state index in [4.69, 9.17) is 12.3 Å². The van der Waals surface area contributed by atoms with E-state index in [-0.39, 0.29) is 0 Å². The van der Waals surface area contributed by atoms with Crippen LogP contribution in [0.2, 0.25) is 0 Å². The van der Waals surface area contributed by atoms with E-state index in [9.17, 15) is 0 Å². The normalized spacial score (nSPS) is 12.4. The van der Waals surface area contributed by atoms with Gasteiger partial charge in [-0.2, -0.15) is 0 Å². The highest BCUT2D eigenvalue weighted by molar-refractivity contribution is 6.39. The summed E-state index contributed by atoms with van der Waals surface area (Å²) in [6.45, 7) is 0. The third-order valence-electron chi connectivity index (χ3n) is 5.65. The van der Waals surface area contributed by atoms with Crippen LogP contribution in [0.15, 0.2) is 83.3 Å². The molecule has 0 saturated carbocycles. The monoisotopic (exact) mass is 342 g/mol. The van der Waals surface area contributed by atoms with Crippen molar-refractivity contribution in [2.45, 2.75) is 6.42 Å². The lowest BCUT2D eigenvalue weighted by Gasteiger charge is -2.06. The van der Waals surface area contributed by atoms with Crippen LogP contribution in [-0.2, 0) is 6.42 Å². The molecule has 27 heavy (non-hydrogen) atoms. The summed E-state index contributed by atoms with van der Waals surface area (Å²) in [5, 5.41) is 2.18. The lowest BCUT2D eigenvalue weighted by Crippen LogP contribution is -2.00. The maximum atomic E-state index is 6.08. The van der Waals surface area contributed by atoms with Crippen molar-refractivity contribution in [1.82, 2.24) is 0 Å². The fraction of sp³-hybridized carbons (Fsp3) is 0.0400. The Kier molecular flexibility index (Phi) is 2.96. The molecule has 0 fully saturated rings. The van der Waals surface area contributed by atoms with Crippen LogP contribution < -0.4 is 5.46 Å². The summed E-state index contributed by atoms with van der Waals surface area (Å²) >= 11 is 0. The molecule has 124 valence electrons. The minimum atomic E-state index is 0.681. The van der Waals surface area contributed by atoms with Gasteiger partial charge in [-0.3, -0.25) is 0 Å². The summed E-state index contributed by atoms with van der Waals surface area (Å²) in [5.41, 5.74) is 10.3. The highest BCUT2D eigenvalue weighted by Crippen LogP contribution is 2.39. The van der Waals surface area contributed by atoms with Crippen LogP contribution in [-0.4, -0.2) is 7.85 Å². The van der Waals surface area contributed by atoms with E-state index in [1.165, 1.54) is 33.4 Å². The first-order valence-electron chi connectivity index (χ1n) is 9.20. The summed E-state index contributed by atoms with van der Waals surface area (Å²) in [7, 11) is 6.08. The third-order valence-corrected chi connectivity index (χ3v) is 5.65. The molecule has 0 saturated heterocycles. The molecule has 1 aromatic heterocycles. The van der Waals surface area contributed by atoms with Gasteiger partial charge in [0.1, 0.15) is 19.0 Å². The number of benzene rings is 4. The Hall–Kier alpha value is -3.26. The lowest BCUT2D eigenvalue weighted by molar-refractivity contribution is 0.671. The van der Waals surface area contributed by atoms with Crippen molar-refractivity contribution in [3.8, 4) is 22.3 Å². The molecule has 1 aliphatic carbocycles. The summed E-state index contributed by atoms with van der Waals surface area (Å²) in [6, 6.07) is 27.8. The molecule has 0 amide bonds. The van der Waals surface area contributed by atoms with Crippen molar-refractivity contribution in [1.29, 1.82) is 0 Å². The van der Waals surface area contributed by atoms with E-state index in [1.807, 2.05) is 18.2 Å². The summed E-state index contributed by atoms with van der Waals surface area (Å²) in [6.07, 6.45) is 1.01. The molecular formula is C25H15BO. The number of furan rings is 1. The quantitative estimate of drug-likeness (QED) is 0.354. The van der Waals surface area contributed by atoms with Crippen LogP contribution in [0.3, 0.4) is 0 Å². The van der Waals surface area contributed by atoms with Crippen molar-refractivity contribution in [3.05, 3.63) is 90.0 Å². The maximum absolute atomic E-state index is 6.08. The number of rotatable bonds is 1. The van der Waals surface area contributed by atoms with Gasteiger partial charge in [0, 0.05) is 10.8 Å². The molecule has 2 heteroatoms. The Balaban J connectivity index is 1.51. The van der Waals surface area contributed by atoms with E-state index in [0.29, 0.717) is 5.46 Å². The fourth-order valence-electron chi connectivity index (χ4n) is 4.32. The minimum Gasteiger partial charge on any atom is -0.457 e. The summed E-state index contributed by atoms with van der Waals surface area (Å²) < 4.78 is 5.97. The molecule has 0 aliphatic heterocycles. The molecule has 2 radical (unpaired) electrons. The van der Waals surface area contributed by atoms with E-state index >= 15 is 0 Å². The van der Waals surface area contributed by atoms with Crippen molar-refractivity contribution >= 4 is 35.2 Å². The Morgan fingerprint density at radius 1 is 0.667 bits per heavy atom. The molecular weight excluding hydrogens is 327 g/mol. The van der Waals surface area contributed by atoms with Gasteiger partial charge >= 0.3 is 0 Å². The Bertz CT molecular complexity index is 1360. The van der Waals surface area contributed by atoms with Gasteiger partial charge in [-0.1, -0.05) is 72.2 Å². The fourth-order valence-corrected chi connectivity index (χ4v) is 4.32. The average Bonchev–Trinajstić information content (AvgIpc) is 3.26. The molecule has 1 aliphatic rings. The van der Waals surface area contributed by atoms with Crippen LogP contribution in [0.4, 0.5) is 0 Å². The highest BCUT2D eigenvalue weighted by atomic mass is 16.3. The van der Waals surface area contributed by atoms with Gasteiger partial charge in [0.25, 0.3) is 0 Å². The molecule has 0 N–H and O–H groups in total. The molecule has 6 rings (SSSR count). The SMILES string of the molecule is [B]c1cccc2c1oc1ccc(-c3ccc4c(c3)Cc3ccccc3-4)cc12. The largest absolute Gasteiger partial charge is 0.457 e. The zero-order chi connectivity index (χ0) is 18.0. The van der Waals surface area contributed by atoms with Crippen LogP contribution in [0.25, 0.3) is 44.2 Å². The predicted molar refractivity (Wildman–Crippen MR) is 113 cm³/mol. The second-order valence-electron chi connectivity index (χ2n) is 7.24. The van der Waals surface area contributed by atoms with Crippen LogP contribution in [0.5, 0.6) is 0 Å². The number of fused-ring (bicyclic) bond motifs is 6. The molecule has 0 unspecified atom stereocenters. The molecule has 0 bridgehead atoms. The van der Waals surface area contributed by atoms with Gasteiger partial charge in [-0.05, 0) is 51.9 Å². The maximum Gasteiger partial charge on any atom is 0.135 e. The van der Waals surface area contributed by atoms with Crippen LogP contribution >= 0.6 is 0 Å². The van der Waals surface area contributed by atoms with Gasteiger partial charge in [0.15, 0.2) is 0 Å². The van der Waals surface area contributed by atoms with Gasteiger partial charge < -0.3 is 4.42 Å². The minimum absolute atomic E-state index is 0.681.